The van der Waals surface area contributed by atoms with Crippen LogP contribution in [0.1, 0.15) is 20.8 Å². The summed E-state index contributed by atoms with van der Waals surface area (Å²) in [7, 11) is -3.09. The van der Waals surface area contributed by atoms with E-state index in [1.165, 1.54) is 4.57 Å². The molecule has 0 atom stereocenters. The van der Waals surface area contributed by atoms with Gasteiger partial charge in [0.25, 0.3) is 0 Å². The van der Waals surface area contributed by atoms with Crippen molar-refractivity contribution in [3.63, 3.8) is 0 Å². The molecular weight excluding hydrogens is 348 g/mol. The average Bonchev–Trinajstić information content (AvgIpc) is 2.85. The number of thiol groups is 1. The van der Waals surface area contributed by atoms with E-state index in [2.05, 4.69) is 0 Å². The molecule has 8 nitrogen and oxygen atoms in total. The van der Waals surface area contributed by atoms with Crippen molar-refractivity contribution < 1.29 is 27.9 Å². The summed E-state index contributed by atoms with van der Waals surface area (Å²) < 4.78 is 31.0. The normalized spacial score (nSPS) is 11.7. The molecule has 0 aliphatic heterocycles. The van der Waals surface area contributed by atoms with Gasteiger partial charge in [-0.15, -0.1) is 0 Å². The van der Waals surface area contributed by atoms with Crippen molar-refractivity contribution in [1.29, 1.82) is 0 Å². The first-order chi connectivity index (χ1) is 11.6. The molecule has 0 aliphatic rings. The molecule has 2 rings (SSSR count). The molecule has 0 aliphatic carbocycles. The number of carbonyl (C=O) groups is 2. The summed E-state index contributed by atoms with van der Waals surface area (Å²) in [5, 5.41) is 9.48. The Balaban J connectivity index is 2.40. The quantitative estimate of drug-likeness (QED) is 0.590. The van der Waals surface area contributed by atoms with E-state index in [0.717, 1.165) is 4.31 Å². The zero-order chi connectivity index (χ0) is 18.8. The summed E-state index contributed by atoms with van der Waals surface area (Å²) >= 11 is 0. The summed E-state index contributed by atoms with van der Waals surface area (Å²) in [6.45, 7) is 4.37. The molecule has 0 saturated heterocycles. The van der Waals surface area contributed by atoms with E-state index in [1.807, 2.05) is 0 Å². The van der Waals surface area contributed by atoms with Gasteiger partial charge in [0.2, 0.25) is 10.9 Å². The monoisotopic (exact) mass is 368 g/mol. The van der Waals surface area contributed by atoms with Crippen LogP contribution >= 0.6 is 0 Å². The molecular formula is C16H20N2O6S. The van der Waals surface area contributed by atoms with Gasteiger partial charge in [0.05, 0.1) is 11.2 Å². The fourth-order valence-corrected chi connectivity index (χ4v) is 3.02. The molecule has 0 bridgehead atoms. The third-order valence-corrected chi connectivity index (χ3v) is 4.02. The third kappa shape index (κ3) is 4.72. The molecule has 1 aromatic heterocycles. The van der Waals surface area contributed by atoms with Crippen LogP contribution in [0.4, 0.5) is 5.69 Å². The summed E-state index contributed by atoms with van der Waals surface area (Å²) in [5.74, 6) is -1.68. The lowest BCUT2D eigenvalue weighted by atomic mass is 10.2. The number of esters is 1. The van der Waals surface area contributed by atoms with Gasteiger partial charge in [-0.2, -0.15) is 0 Å². The Morgan fingerprint density at radius 3 is 2.48 bits per heavy atom. The minimum Gasteiger partial charge on any atom is -0.480 e. The van der Waals surface area contributed by atoms with Crippen molar-refractivity contribution in [2.24, 2.45) is 0 Å². The van der Waals surface area contributed by atoms with Crippen molar-refractivity contribution in [2.45, 2.75) is 32.9 Å². The van der Waals surface area contributed by atoms with Gasteiger partial charge in [-0.1, -0.05) is 6.07 Å². The Bertz CT molecular complexity index is 870. The molecule has 0 saturated carbocycles. The molecule has 0 spiro atoms. The van der Waals surface area contributed by atoms with Crippen molar-refractivity contribution >= 4 is 39.4 Å². The second-order valence-corrected chi connectivity index (χ2v) is 7.39. The largest absolute Gasteiger partial charge is 0.480 e. The van der Waals surface area contributed by atoms with Gasteiger partial charge in [0, 0.05) is 11.6 Å². The van der Waals surface area contributed by atoms with Crippen LogP contribution in [0.25, 0.3) is 10.9 Å². The first-order valence-corrected chi connectivity index (χ1v) is 8.65. The number of hydrogen-bond acceptors (Lipinski definition) is 5. The molecule has 1 aromatic carbocycles. The topological polar surface area (TPSA) is 106 Å². The highest BCUT2D eigenvalue weighted by molar-refractivity contribution is 7.74. The molecule has 0 unspecified atom stereocenters. The summed E-state index contributed by atoms with van der Waals surface area (Å²) in [6, 6.07) is 6.47. The molecule has 136 valence electrons. The number of carboxylic acid groups (broad SMARTS) is 1. The van der Waals surface area contributed by atoms with Gasteiger partial charge in [0.1, 0.15) is 18.7 Å². The van der Waals surface area contributed by atoms with Gasteiger partial charge in [0.15, 0.2) is 0 Å². The Hall–Kier alpha value is -2.55. The number of ether oxygens (including phenoxy) is 1. The fourth-order valence-electron chi connectivity index (χ4n) is 2.44. The lowest BCUT2D eigenvalue weighted by molar-refractivity contribution is -0.152. The number of rotatable bonds is 6. The second kappa shape index (κ2) is 7.14. The van der Waals surface area contributed by atoms with Crippen LogP contribution in [-0.4, -0.2) is 42.2 Å². The first-order valence-electron chi connectivity index (χ1n) is 7.52. The minimum absolute atomic E-state index is 0.247. The number of carbonyl (C=O) groups excluding carboxylic acids is 1. The van der Waals surface area contributed by atoms with Crippen LogP contribution in [0.15, 0.2) is 30.5 Å². The summed E-state index contributed by atoms with van der Waals surface area (Å²) in [6.07, 6.45) is 1.56. The molecule has 9 heteroatoms. The standard InChI is InChI=1S/C16H20N2O6S/c1-16(2,3)24-15(21)10-18(25(22)23)13-6-4-5-12-11(13)7-8-17(12)9-14(19)20/h4-8,25H,9-10H2,1-3H3,(H,19,20). The van der Waals surface area contributed by atoms with Crippen molar-refractivity contribution in [3.8, 4) is 0 Å². The van der Waals surface area contributed by atoms with Gasteiger partial charge in [-0.3, -0.25) is 13.9 Å². The molecule has 1 heterocycles. The number of carboxylic acids is 1. The van der Waals surface area contributed by atoms with Crippen molar-refractivity contribution in [3.05, 3.63) is 30.5 Å². The average molecular weight is 368 g/mol. The van der Waals surface area contributed by atoms with Crippen LogP contribution in [0.5, 0.6) is 0 Å². The number of fused-ring (bicyclic) bond motifs is 1. The van der Waals surface area contributed by atoms with E-state index in [-0.39, 0.29) is 6.54 Å². The maximum atomic E-state index is 12.0. The Morgan fingerprint density at radius 1 is 1.24 bits per heavy atom. The number of nitrogens with zero attached hydrogens (tertiary/aromatic N) is 2. The Morgan fingerprint density at radius 2 is 1.92 bits per heavy atom. The molecule has 2 aromatic rings. The highest BCUT2D eigenvalue weighted by Crippen LogP contribution is 2.28. The highest BCUT2D eigenvalue weighted by atomic mass is 32.2. The van der Waals surface area contributed by atoms with Crippen LogP contribution in [-0.2, 0) is 31.8 Å². The number of aliphatic carboxylic acids is 1. The minimum atomic E-state index is -3.09. The van der Waals surface area contributed by atoms with E-state index in [0.29, 0.717) is 16.6 Å². The van der Waals surface area contributed by atoms with E-state index >= 15 is 0 Å². The van der Waals surface area contributed by atoms with Gasteiger partial charge >= 0.3 is 11.9 Å². The first kappa shape index (κ1) is 18.8. The Labute approximate surface area is 146 Å². The number of benzene rings is 1. The number of aromatic nitrogens is 1. The Kier molecular flexibility index (Phi) is 5.36. The maximum Gasteiger partial charge on any atom is 0.327 e. The zero-order valence-corrected chi connectivity index (χ0v) is 15.0. The van der Waals surface area contributed by atoms with Gasteiger partial charge in [-0.05, 0) is 39.0 Å². The smallest absolute Gasteiger partial charge is 0.327 e. The van der Waals surface area contributed by atoms with E-state index in [1.54, 1.807) is 51.2 Å². The summed E-state index contributed by atoms with van der Waals surface area (Å²) in [5.41, 5.74) is 0.128. The van der Waals surface area contributed by atoms with Gasteiger partial charge < -0.3 is 14.4 Å². The fraction of sp³-hybridized carbons (Fsp3) is 0.375. The number of hydrogen-bond donors (Lipinski definition) is 2. The molecule has 0 radical (unpaired) electrons. The lowest BCUT2D eigenvalue weighted by Crippen LogP contribution is -2.34. The van der Waals surface area contributed by atoms with Crippen molar-refractivity contribution in [2.75, 3.05) is 10.8 Å². The highest BCUT2D eigenvalue weighted by Gasteiger charge is 2.22. The zero-order valence-electron chi connectivity index (χ0n) is 14.1. The second-order valence-electron chi connectivity index (χ2n) is 6.43. The van der Waals surface area contributed by atoms with Gasteiger partial charge in [-0.25, -0.2) is 8.42 Å². The summed E-state index contributed by atoms with van der Waals surface area (Å²) in [4.78, 5) is 22.9. The van der Waals surface area contributed by atoms with Crippen LogP contribution in [0, 0.1) is 0 Å². The predicted molar refractivity (Wildman–Crippen MR) is 93.1 cm³/mol. The molecule has 25 heavy (non-hydrogen) atoms. The van der Waals surface area contributed by atoms with Crippen LogP contribution in [0.3, 0.4) is 0 Å². The van der Waals surface area contributed by atoms with Crippen LogP contribution < -0.4 is 4.31 Å². The maximum absolute atomic E-state index is 12.0. The SMILES string of the molecule is CC(C)(C)OC(=O)CN(c1cccc2c1ccn2CC(=O)O)[SH](=O)=O. The third-order valence-electron chi connectivity index (χ3n) is 3.27. The molecule has 0 fully saturated rings. The molecule has 0 amide bonds. The van der Waals surface area contributed by atoms with E-state index in [9.17, 15) is 18.0 Å². The van der Waals surface area contributed by atoms with E-state index in [4.69, 9.17) is 9.84 Å². The van der Waals surface area contributed by atoms with Crippen molar-refractivity contribution in [1.82, 2.24) is 4.57 Å². The molecule has 1 N–H and O–H groups in total. The lowest BCUT2D eigenvalue weighted by Gasteiger charge is -2.23. The number of anilines is 1. The van der Waals surface area contributed by atoms with Crippen LogP contribution in [0.2, 0.25) is 0 Å². The van der Waals surface area contributed by atoms with E-state index < -0.39 is 35.0 Å². The predicted octanol–water partition coefficient (Wildman–Crippen LogP) is 1.40.